The van der Waals surface area contributed by atoms with E-state index in [-0.39, 0.29) is 0 Å². The fraction of sp³-hybridized carbons (Fsp3) is 0. The molecule has 11 aromatic carbocycles. The molecule has 4 heteroatoms. The summed E-state index contributed by atoms with van der Waals surface area (Å²) in [5.74, 6) is 1.73. The van der Waals surface area contributed by atoms with Gasteiger partial charge in [-0.3, -0.25) is 0 Å². The minimum atomic E-state index is 0.550. The van der Waals surface area contributed by atoms with Gasteiger partial charge in [0, 0.05) is 21.9 Å². The van der Waals surface area contributed by atoms with Crippen molar-refractivity contribution in [1.82, 2.24) is 15.0 Å². The quantitative estimate of drug-likeness (QED) is 0.168. The summed E-state index contributed by atoms with van der Waals surface area (Å²) in [7, 11) is 0. The van der Waals surface area contributed by atoms with Gasteiger partial charge in [0.15, 0.2) is 17.5 Å². The Morgan fingerprint density at radius 3 is 1.49 bits per heavy atom. The topological polar surface area (TPSA) is 51.8 Å². The molecule has 0 atom stereocenters. The summed E-state index contributed by atoms with van der Waals surface area (Å²) in [5.41, 5.74) is 11.3. The number of aromatic nitrogens is 3. The number of hydrogen-bond donors (Lipinski definition) is 0. The van der Waals surface area contributed by atoms with E-state index in [1.165, 1.54) is 38.2 Å². The maximum absolute atomic E-state index is 6.60. The van der Waals surface area contributed by atoms with E-state index in [0.717, 1.165) is 76.9 Å². The van der Waals surface area contributed by atoms with E-state index in [0.29, 0.717) is 17.5 Å². The summed E-state index contributed by atoms with van der Waals surface area (Å²) >= 11 is 0. The molecule has 0 N–H and O–H groups in total. The van der Waals surface area contributed by atoms with E-state index in [9.17, 15) is 0 Å². The highest BCUT2D eigenvalue weighted by Crippen LogP contribution is 2.41. The zero-order valence-electron chi connectivity index (χ0n) is 35.1. The Labute approximate surface area is 374 Å². The van der Waals surface area contributed by atoms with Crippen LogP contribution in [-0.2, 0) is 0 Å². The Bertz CT molecular complexity index is 4010. The molecule has 0 aliphatic carbocycles. The van der Waals surface area contributed by atoms with Crippen LogP contribution in [0, 0.1) is 0 Å². The van der Waals surface area contributed by atoms with Crippen LogP contribution in [0.15, 0.2) is 229 Å². The predicted molar refractivity (Wildman–Crippen MR) is 270 cm³/mol. The molecule has 0 aliphatic heterocycles. The molecular formula is C61H37N3O. The van der Waals surface area contributed by atoms with Crippen LogP contribution in [0.4, 0.5) is 0 Å². The lowest BCUT2D eigenvalue weighted by Crippen LogP contribution is -2.01. The van der Waals surface area contributed by atoms with Gasteiger partial charge in [-0.25, -0.2) is 15.0 Å². The Hall–Kier alpha value is -8.73. The third-order valence-electron chi connectivity index (χ3n) is 12.9. The summed E-state index contributed by atoms with van der Waals surface area (Å²) in [6.45, 7) is 0. The molecule has 13 aromatic rings. The second-order valence-electron chi connectivity index (χ2n) is 16.7. The molecule has 0 spiro atoms. The van der Waals surface area contributed by atoms with Gasteiger partial charge in [0.25, 0.3) is 0 Å². The van der Waals surface area contributed by atoms with Crippen LogP contribution in [0.5, 0.6) is 0 Å². The standard InChI is InChI=1S/C61H37N3O/c1-2-13-38(14-3-1)42-30-27-39-28-31-43(36-45(39)35-42)44-32-29-41-17-11-24-53(56(41)37-44)59-62-60(64-61(63-59)55-25-12-23-52-51-21-8-9-26-57(51)65-58(52)55)54-34-33-50(48-19-6-7-20-49(48)54)47-22-10-16-40-15-4-5-18-46(40)47/h1-37H. The van der Waals surface area contributed by atoms with Crippen LogP contribution in [0.3, 0.4) is 0 Å². The number of fused-ring (bicyclic) bond motifs is 7. The van der Waals surface area contributed by atoms with Crippen LogP contribution in [0.1, 0.15) is 0 Å². The van der Waals surface area contributed by atoms with Crippen LogP contribution in [-0.4, -0.2) is 15.0 Å². The normalized spacial score (nSPS) is 11.7. The second-order valence-corrected chi connectivity index (χ2v) is 16.7. The van der Waals surface area contributed by atoms with Gasteiger partial charge >= 0.3 is 0 Å². The molecule has 65 heavy (non-hydrogen) atoms. The van der Waals surface area contributed by atoms with E-state index in [1.807, 2.05) is 18.2 Å². The molecule has 0 fully saturated rings. The molecule has 13 rings (SSSR count). The first kappa shape index (κ1) is 36.9. The second kappa shape index (κ2) is 15.0. The Morgan fingerprint density at radius 1 is 0.246 bits per heavy atom. The molecule has 0 bridgehead atoms. The van der Waals surface area contributed by atoms with Crippen LogP contribution < -0.4 is 0 Å². The van der Waals surface area contributed by atoms with Crippen molar-refractivity contribution in [3.05, 3.63) is 224 Å². The van der Waals surface area contributed by atoms with Crippen molar-refractivity contribution < 1.29 is 4.42 Å². The van der Waals surface area contributed by atoms with Crippen LogP contribution in [0.2, 0.25) is 0 Å². The van der Waals surface area contributed by atoms with Gasteiger partial charge in [0.2, 0.25) is 0 Å². The molecular weight excluding hydrogens is 791 g/mol. The number of furan rings is 1. The lowest BCUT2D eigenvalue weighted by atomic mass is 9.92. The lowest BCUT2D eigenvalue weighted by Gasteiger charge is -2.15. The van der Waals surface area contributed by atoms with Gasteiger partial charge in [-0.05, 0) is 113 Å². The monoisotopic (exact) mass is 827 g/mol. The number of rotatable bonds is 6. The van der Waals surface area contributed by atoms with E-state index >= 15 is 0 Å². The van der Waals surface area contributed by atoms with Crippen LogP contribution in [0.25, 0.3) is 133 Å². The molecule has 302 valence electrons. The number of benzene rings is 11. The first-order chi connectivity index (χ1) is 32.2. The van der Waals surface area contributed by atoms with Gasteiger partial charge in [-0.1, -0.05) is 188 Å². The van der Waals surface area contributed by atoms with Gasteiger partial charge in [0.05, 0.1) is 5.56 Å². The smallest absolute Gasteiger partial charge is 0.167 e. The Morgan fingerprint density at radius 2 is 0.723 bits per heavy atom. The lowest BCUT2D eigenvalue weighted by molar-refractivity contribution is 0.669. The third kappa shape index (κ3) is 6.26. The average Bonchev–Trinajstić information content (AvgIpc) is 3.77. The Balaban J connectivity index is 1.01. The van der Waals surface area contributed by atoms with E-state index in [2.05, 4.69) is 206 Å². The molecule has 4 nitrogen and oxygen atoms in total. The Kier molecular flexibility index (Phi) is 8.50. The minimum absolute atomic E-state index is 0.550. The first-order valence-corrected chi connectivity index (χ1v) is 22.0. The highest BCUT2D eigenvalue weighted by atomic mass is 16.3. The fourth-order valence-electron chi connectivity index (χ4n) is 9.73. The molecule has 0 saturated carbocycles. The van der Waals surface area contributed by atoms with E-state index in [1.54, 1.807) is 0 Å². The van der Waals surface area contributed by atoms with Gasteiger partial charge in [0.1, 0.15) is 11.2 Å². The number of para-hydroxylation sites is 2. The van der Waals surface area contributed by atoms with Crippen molar-refractivity contribution >= 4 is 65.0 Å². The molecule has 0 unspecified atom stereocenters. The summed E-state index contributed by atoms with van der Waals surface area (Å²) in [6, 6.07) is 79.6. The fourth-order valence-corrected chi connectivity index (χ4v) is 9.73. The SMILES string of the molecule is c1ccc(-c2ccc3ccc(-c4ccc5cccc(-c6nc(-c7ccc(-c8cccc9ccccc89)c8ccccc78)nc(-c7cccc8c7oc7ccccc78)n6)c5c4)cc3c2)cc1. The van der Waals surface area contributed by atoms with Crippen molar-refractivity contribution in [2.24, 2.45) is 0 Å². The molecule has 0 radical (unpaired) electrons. The van der Waals surface area contributed by atoms with Gasteiger partial charge < -0.3 is 4.42 Å². The summed E-state index contributed by atoms with van der Waals surface area (Å²) in [5, 5.41) is 11.3. The van der Waals surface area contributed by atoms with Crippen LogP contribution >= 0.6 is 0 Å². The van der Waals surface area contributed by atoms with Gasteiger partial charge in [-0.2, -0.15) is 0 Å². The molecule has 0 saturated heterocycles. The zero-order chi connectivity index (χ0) is 42.8. The molecule has 0 amide bonds. The third-order valence-corrected chi connectivity index (χ3v) is 12.9. The van der Waals surface area contributed by atoms with Crippen molar-refractivity contribution in [2.75, 3.05) is 0 Å². The maximum atomic E-state index is 6.60. The van der Waals surface area contributed by atoms with E-state index < -0.39 is 0 Å². The highest BCUT2D eigenvalue weighted by molar-refractivity contribution is 6.11. The first-order valence-electron chi connectivity index (χ1n) is 22.0. The summed E-state index contributed by atoms with van der Waals surface area (Å²) in [4.78, 5) is 16.1. The number of hydrogen-bond acceptors (Lipinski definition) is 4. The summed E-state index contributed by atoms with van der Waals surface area (Å²) < 4.78 is 6.60. The number of nitrogens with zero attached hydrogens (tertiary/aromatic N) is 3. The minimum Gasteiger partial charge on any atom is -0.455 e. The predicted octanol–water partition coefficient (Wildman–Crippen LogP) is 16.4. The maximum Gasteiger partial charge on any atom is 0.167 e. The average molecular weight is 828 g/mol. The van der Waals surface area contributed by atoms with Crippen molar-refractivity contribution in [3.63, 3.8) is 0 Å². The molecule has 0 aliphatic rings. The largest absolute Gasteiger partial charge is 0.455 e. The molecule has 2 heterocycles. The highest BCUT2D eigenvalue weighted by Gasteiger charge is 2.21. The van der Waals surface area contributed by atoms with Crippen molar-refractivity contribution in [3.8, 4) is 67.5 Å². The molecule has 2 aromatic heterocycles. The van der Waals surface area contributed by atoms with Crippen molar-refractivity contribution in [2.45, 2.75) is 0 Å². The van der Waals surface area contributed by atoms with E-state index in [4.69, 9.17) is 19.4 Å². The van der Waals surface area contributed by atoms with Crippen molar-refractivity contribution in [1.29, 1.82) is 0 Å². The zero-order valence-corrected chi connectivity index (χ0v) is 35.1. The van der Waals surface area contributed by atoms with Gasteiger partial charge in [-0.15, -0.1) is 0 Å². The summed E-state index contributed by atoms with van der Waals surface area (Å²) in [6.07, 6.45) is 0.